The van der Waals surface area contributed by atoms with Crippen molar-refractivity contribution in [1.29, 1.82) is 0 Å². The summed E-state index contributed by atoms with van der Waals surface area (Å²) < 4.78 is 28.5. The summed E-state index contributed by atoms with van der Waals surface area (Å²) in [7, 11) is -3.66. The van der Waals surface area contributed by atoms with Crippen LogP contribution in [0.15, 0.2) is 82.2 Å². The molecule has 3 nitrogen and oxygen atoms in total. The quantitative estimate of drug-likeness (QED) is 0.405. The molecule has 142 valence electrons. The molecule has 0 amide bonds. The number of hydrogen-bond donors (Lipinski definition) is 1. The zero-order valence-corrected chi connectivity index (χ0v) is 18.0. The number of aromatic nitrogens is 1. The molecule has 0 aliphatic heterocycles. The highest BCUT2D eigenvalue weighted by molar-refractivity contribution is 9.10. The van der Waals surface area contributed by atoms with E-state index in [1.54, 1.807) is 12.1 Å². The number of benzene rings is 3. The van der Waals surface area contributed by atoms with Crippen LogP contribution in [0.5, 0.6) is 0 Å². The summed E-state index contributed by atoms with van der Waals surface area (Å²) in [5.41, 5.74) is 4.39. The maximum absolute atomic E-state index is 13.8. The standard InChI is InChI=1S/C23H20BrNO2S/c1-15-7-13-19(14-8-15)28(26,27)23(17-9-11-18(24)12-10-17)22-16(2)25-21-6-4-3-5-20(21)22/h3-14,23,25H,1-2H3. The molecule has 0 spiro atoms. The number of H-pyrrole nitrogens is 1. The molecule has 0 aliphatic carbocycles. The van der Waals surface area contributed by atoms with Gasteiger partial charge in [-0.25, -0.2) is 8.42 Å². The molecule has 0 radical (unpaired) electrons. The van der Waals surface area contributed by atoms with Gasteiger partial charge in [-0.1, -0.05) is 64.0 Å². The molecule has 5 heteroatoms. The van der Waals surface area contributed by atoms with Crippen molar-refractivity contribution in [2.24, 2.45) is 0 Å². The zero-order chi connectivity index (χ0) is 19.9. The lowest BCUT2D eigenvalue weighted by Gasteiger charge is -2.20. The summed E-state index contributed by atoms with van der Waals surface area (Å²) >= 11 is 3.45. The van der Waals surface area contributed by atoms with Gasteiger partial charge in [0.05, 0.1) is 4.90 Å². The SMILES string of the molecule is Cc1ccc(S(=O)(=O)C(c2ccc(Br)cc2)c2c(C)[nH]c3ccccc23)cc1. The van der Waals surface area contributed by atoms with Crippen molar-refractivity contribution in [2.45, 2.75) is 24.0 Å². The Morgan fingerprint density at radius 2 is 1.50 bits per heavy atom. The fraction of sp³-hybridized carbons (Fsp3) is 0.130. The number of sulfone groups is 1. The van der Waals surface area contributed by atoms with E-state index in [1.165, 1.54) is 0 Å². The Morgan fingerprint density at radius 3 is 2.18 bits per heavy atom. The van der Waals surface area contributed by atoms with Crippen LogP contribution in [-0.2, 0) is 9.84 Å². The van der Waals surface area contributed by atoms with E-state index in [9.17, 15) is 8.42 Å². The Labute approximate surface area is 173 Å². The van der Waals surface area contributed by atoms with Crippen molar-refractivity contribution >= 4 is 36.7 Å². The van der Waals surface area contributed by atoms with Crippen LogP contribution in [-0.4, -0.2) is 13.4 Å². The lowest BCUT2D eigenvalue weighted by Crippen LogP contribution is -2.16. The number of halogens is 1. The minimum atomic E-state index is -3.66. The third-order valence-electron chi connectivity index (χ3n) is 5.04. The topological polar surface area (TPSA) is 49.9 Å². The summed E-state index contributed by atoms with van der Waals surface area (Å²) in [4.78, 5) is 3.68. The summed E-state index contributed by atoms with van der Waals surface area (Å²) in [5, 5.41) is 0.142. The van der Waals surface area contributed by atoms with Crippen LogP contribution in [0.25, 0.3) is 10.9 Å². The molecule has 1 atom stereocenters. The van der Waals surface area contributed by atoms with Crippen LogP contribution in [0.2, 0.25) is 0 Å². The maximum atomic E-state index is 13.8. The van der Waals surface area contributed by atoms with Gasteiger partial charge in [0.2, 0.25) is 0 Å². The van der Waals surface area contributed by atoms with Gasteiger partial charge in [0.1, 0.15) is 5.25 Å². The van der Waals surface area contributed by atoms with Crippen LogP contribution in [0.3, 0.4) is 0 Å². The average molecular weight is 454 g/mol. The molecular formula is C23H20BrNO2S. The largest absolute Gasteiger partial charge is 0.358 e. The first-order valence-corrected chi connectivity index (χ1v) is 11.3. The van der Waals surface area contributed by atoms with Gasteiger partial charge in [-0.2, -0.15) is 0 Å². The molecule has 3 aromatic carbocycles. The van der Waals surface area contributed by atoms with Gasteiger partial charge in [0.15, 0.2) is 9.84 Å². The molecule has 0 saturated heterocycles. The second kappa shape index (κ2) is 7.22. The van der Waals surface area contributed by atoms with Crippen LogP contribution < -0.4 is 0 Å². The molecule has 0 aliphatic rings. The normalized spacial score (nSPS) is 13.0. The van der Waals surface area contributed by atoms with Crippen LogP contribution >= 0.6 is 15.9 Å². The second-order valence-electron chi connectivity index (χ2n) is 7.00. The number of hydrogen-bond acceptors (Lipinski definition) is 2. The monoisotopic (exact) mass is 453 g/mol. The van der Waals surface area contributed by atoms with Gasteiger partial charge in [-0.05, 0) is 49.7 Å². The van der Waals surface area contributed by atoms with E-state index in [-0.39, 0.29) is 0 Å². The van der Waals surface area contributed by atoms with Crippen LogP contribution in [0, 0.1) is 13.8 Å². The zero-order valence-electron chi connectivity index (χ0n) is 15.6. The van der Waals surface area contributed by atoms with Crippen molar-refractivity contribution in [1.82, 2.24) is 4.98 Å². The molecule has 1 heterocycles. The van der Waals surface area contributed by atoms with E-state index in [0.29, 0.717) is 4.90 Å². The summed E-state index contributed by atoms with van der Waals surface area (Å²) in [6, 6.07) is 22.4. The maximum Gasteiger partial charge on any atom is 0.189 e. The van der Waals surface area contributed by atoms with Gasteiger partial charge in [0.25, 0.3) is 0 Å². The van der Waals surface area contributed by atoms with Crippen molar-refractivity contribution in [2.75, 3.05) is 0 Å². The highest BCUT2D eigenvalue weighted by atomic mass is 79.9. The molecule has 1 aromatic heterocycles. The highest BCUT2D eigenvalue weighted by Gasteiger charge is 2.34. The molecule has 0 bridgehead atoms. The van der Waals surface area contributed by atoms with Gasteiger partial charge in [0, 0.05) is 26.6 Å². The molecule has 0 fully saturated rings. The average Bonchev–Trinajstić information content (AvgIpc) is 3.00. The third-order valence-corrected chi connectivity index (χ3v) is 7.62. The molecule has 4 aromatic rings. The number of fused-ring (bicyclic) bond motifs is 1. The lowest BCUT2D eigenvalue weighted by atomic mass is 10.0. The number of rotatable bonds is 4. The van der Waals surface area contributed by atoms with E-state index < -0.39 is 15.1 Å². The van der Waals surface area contributed by atoms with Crippen molar-refractivity contribution in [3.05, 3.63) is 99.7 Å². The molecule has 1 unspecified atom stereocenters. The number of aromatic amines is 1. The Balaban J connectivity index is 2.01. The van der Waals surface area contributed by atoms with Gasteiger partial charge >= 0.3 is 0 Å². The van der Waals surface area contributed by atoms with E-state index in [1.807, 2.05) is 74.5 Å². The first-order valence-electron chi connectivity index (χ1n) is 9.01. The summed E-state index contributed by atoms with van der Waals surface area (Å²) in [6.45, 7) is 3.89. The fourth-order valence-corrected chi connectivity index (χ4v) is 5.82. The van der Waals surface area contributed by atoms with E-state index in [2.05, 4.69) is 20.9 Å². The molecule has 0 saturated carbocycles. The Kier molecular flexibility index (Phi) is 4.89. The predicted molar refractivity (Wildman–Crippen MR) is 117 cm³/mol. The Bertz CT molecular complexity index is 1240. The minimum Gasteiger partial charge on any atom is -0.358 e. The van der Waals surface area contributed by atoms with E-state index >= 15 is 0 Å². The van der Waals surface area contributed by atoms with Crippen molar-refractivity contribution in [3.8, 4) is 0 Å². The van der Waals surface area contributed by atoms with Crippen molar-refractivity contribution < 1.29 is 8.42 Å². The van der Waals surface area contributed by atoms with Crippen LogP contribution in [0.4, 0.5) is 0 Å². The van der Waals surface area contributed by atoms with E-state index in [0.717, 1.165) is 37.8 Å². The van der Waals surface area contributed by atoms with Crippen LogP contribution in [0.1, 0.15) is 27.6 Å². The predicted octanol–water partition coefficient (Wildman–Crippen LogP) is 6.11. The molecule has 28 heavy (non-hydrogen) atoms. The van der Waals surface area contributed by atoms with Gasteiger partial charge in [-0.3, -0.25) is 0 Å². The molecular weight excluding hydrogens is 434 g/mol. The van der Waals surface area contributed by atoms with Crippen molar-refractivity contribution in [3.63, 3.8) is 0 Å². The first kappa shape index (κ1) is 19.0. The molecule has 4 rings (SSSR count). The Hall–Kier alpha value is -2.37. The number of nitrogens with one attached hydrogen (secondary N) is 1. The fourth-order valence-electron chi connectivity index (χ4n) is 3.64. The summed E-state index contributed by atoms with van der Waals surface area (Å²) in [6.07, 6.45) is 0. The van der Waals surface area contributed by atoms with Gasteiger partial charge in [-0.15, -0.1) is 0 Å². The van der Waals surface area contributed by atoms with Gasteiger partial charge < -0.3 is 4.98 Å². The number of aryl methyl sites for hydroxylation is 2. The smallest absolute Gasteiger partial charge is 0.189 e. The second-order valence-corrected chi connectivity index (χ2v) is 9.95. The minimum absolute atomic E-state index is 0.329. The Morgan fingerprint density at radius 1 is 0.857 bits per heavy atom. The number of para-hydroxylation sites is 1. The third kappa shape index (κ3) is 3.29. The highest BCUT2D eigenvalue weighted by Crippen LogP contribution is 2.40. The lowest BCUT2D eigenvalue weighted by molar-refractivity contribution is 0.589. The van der Waals surface area contributed by atoms with E-state index in [4.69, 9.17) is 0 Å². The molecule has 1 N–H and O–H groups in total. The first-order chi connectivity index (χ1) is 13.4. The summed E-state index contributed by atoms with van der Waals surface area (Å²) in [5.74, 6) is 0.